The van der Waals surface area contributed by atoms with Crippen LogP contribution in [0.25, 0.3) is 5.76 Å². The number of ether oxygens (including phenoxy) is 3. The van der Waals surface area contributed by atoms with Gasteiger partial charge in [-0.2, -0.15) is 0 Å². The highest BCUT2D eigenvalue weighted by Gasteiger charge is 2.48. The fourth-order valence-electron chi connectivity index (χ4n) is 4.87. The van der Waals surface area contributed by atoms with Gasteiger partial charge in [0.15, 0.2) is 15.8 Å². The maximum absolute atomic E-state index is 13.7. The summed E-state index contributed by atoms with van der Waals surface area (Å²) in [7, 11) is 0. The molecule has 1 atom stereocenters. The maximum atomic E-state index is 13.7. The number of aliphatic hydroxyl groups excluding tert-OH is 1. The van der Waals surface area contributed by atoms with Gasteiger partial charge in [0.25, 0.3) is 5.78 Å². The number of carbonyl (C=O) groups is 2. The van der Waals surface area contributed by atoms with Gasteiger partial charge >= 0.3 is 5.91 Å². The molecule has 1 saturated heterocycles. The van der Waals surface area contributed by atoms with Gasteiger partial charge in [-0.1, -0.05) is 66.2 Å². The van der Waals surface area contributed by atoms with Crippen LogP contribution >= 0.6 is 34.7 Å². The monoisotopic (exact) mass is 679 g/mol. The molecule has 12 heteroatoms. The largest absolute Gasteiger partial charge is 0.507 e. The molecule has 1 N–H and O–H groups in total. The first-order valence-corrected chi connectivity index (χ1v) is 17.2. The normalized spacial score (nSPS) is 15.7. The predicted octanol–water partition coefficient (Wildman–Crippen LogP) is 8.09. The highest BCUT2D eigenvalue weighted by atomic mass is 35.5. The fourth-order valence-corrected chi connectivity index (χ4v) is 6.82. The van der Waals surface area contributed by atoms with Crippen LogP contribution in [0.15, 0.2) is 76.6 Å². The van der Waals surface area contributed by atoms with Crippen LogP contribution < -0.4 is 19.1 Å². The number of anilines is 1. The van der Waals surface area contributed by atoms with Gasteiger partial charge in [0, 0.05) is 16.3 Å². The third-order valence-electron chi connectivity index (χ3n) is 7.10. The first kappa shape index (κ1) is 33.3. The van der Waals surface area contributed by atoms with Crippen molar-refractivity contribution < 1.29 is 28.9 Å². The highest BCUT2D eigenvalue weighted by Crippen LogP contribution is 2.46. The van der Waals surface area contributed by atoms with Gasteiger partial charge in [-0.25, -0.2) is 0 Å². The minimum absolute atomic E-state index is 0.0678. The lowest BCUT2D eigenvalue weighted by Crippen LogP contribution is -2.29. The second kappa shape index (κ2) is 15.5. The van der Waals surface area contributed by atoms with Crippen molar-refractivity contribution in [1.82, 2.24) is 10.2 Å². The molecule has 1 unspecified atom stereocenters. The van der Waals surface area contributed by atoms with E-state index in [1.807, 2.05) is 38.1 Å². The number of ketones is 1. The van der Waals surface area contributed by atoms with E-state index in [4.69, 9.17) is 25.8 Å². The smallest absolute Gasteiger partial charge is 0.301 e. The number of aliphatic hydroxyl groups is 1. The number of carbonyl (C=O) groups excluding carboxylic acids is 2. The van der Waals surface area contributed by atoms with Crippen LogP contribution in [0.5, 0.6) is 17.2 Å². The Hall–Kier alpha value is -4.06. The Bertz CT molecular complexity index is 1710. The maximum Gasteiger partial charge on any atom is 0.301 e. The van der Waals surface area contributed by atoms with Crippen LogP contribution in [0, 0.1) is 0 Å². The van der Waals surface area contributed by atoms with E-state index in [-0.39, 0.29) is 16.5 Å². The van der Waals surface area contributed by atoms with E-state index in [1.165, 1.54) is 28.0 Å². The summed E-state index contributed by atoms with van der Waals surface area (Å²) in [6.45, 7) is 7.21. The number of unbranched alkanes of at least 4 members (excludes halogenated alkanes) is 1. The van der Waals surface area contributed by atoms with Crippen molar-refractivity contribution in [2.24, 2.45) is 0 Å². The molecule has 1 amide bonds. The van der Waals surface area contributed by atoms with Gasteiger partial charge < -0.3 is 19.3 Å². The number of rotatable bonds is 14. The lowest BCUT2D eigenvalue weighted by molar-refractivity contribution is -0.132. The molecule has 1 fully saturated rings. The van der Waals surface area contributed by atoms with Crippen LogP contribution in [-0.2, 0) is 15.3 Å². The standard InChI is InChI=1S/C34H34ClN3O6S2/c1-4-7-18-44-26-17-12-23(19-27(26)43-6-3)29-28(30(39)22-10-15-25(16-11-22)42-5-2)31(40)32(41)38(29)33-36-37-34(46-33)45-20-21-8-13-24(35)14-9-21/h8-17,19,29,39H,4-7,18,20H2,1-3H3/b30-28+. The van der Waals surface area contributed by atoms with Gasteiger partial charge in [0.1, 0.15) is 11.5 Å². The van der Waals surface area contributed by atoms with E-state index in [1.54, 1.807) is 42.5 Å². The van der Waals surface area contributed by atoms with Crippen molar-refractivity contribution in [3.8, 4) is 17.2 Å². The van der Waals surface area contributed by atoms with E-state index in [0.29, 0.717) is 63.3 Å². The number of benzene rings is 3. The number of amides is 1. The summed E-state index contributed by atoms with van der Waals surface area (Å²) in [5, 5.41) is 21.1. The lowest BCUT2D eigenvalue weighted by atomic mass is 9.95. The van der Waals surface area contributed by atoms with Crippen LogP contribution in [0.3, 0.4) is 0 Å². The van der Waals surface area contributed by atoms with Crippen molar-refractivity contribution in [3.05, 3.63) is 94.0 Å². The summed E-state index contributed by atoms with van der Waals surface area (Å²) < 4.78 is 18.0. The van der Waals surface area contributed by atoms with Crippen molar-refractivity contribution in [3.63, 3.8) is 0 Å². The minimum atomic E-state index is -1.00. The first-order chi connectivity index (χ1) is 22.3. The summed E-state index contributed by atoms with van der Waals surface area (Å²) >= 11 is 8.67. The number of hydrogen-bond acceptors (Lipinski definition) is 10. The summed E-state index contributed by atoms with van der Waals surface area (Å²) in [6, 6.07) is 18.5. The second-order valence-electron chi connectivity index (χ2n) is 10.2. The predicted molar refractivity (Wildman–Crippen MR) is 181 cm³/mol. The van der Waals surface area contributed by atoms with Gasteiger partial charge in [-0.3, -0.25) is 14.5 Å². The number of thioether (sulfide) groups is 1. The molecule has 0 saturated carbocycles. The minimum Gasteiger partial charge on any atom is -0.507 e. The topological polar surface area (TPSA) is 111 Å². The molecule has 5 rings (SSSR count). The Morgan fingerprint density at radius 1 is 0.935 bits per heavy atom. The third-order valence-corrected chi connectivity index (χ3v) is 9.48. The van der Waals surface area contributed by atoms with E-state index >= 15 is 0 Å². The van der Waals surface area contributed by atoms with Crippen molar-refractivity contribution in [1.29, 1.82) is 0 Å². The molecule has 0 aliphatic carbocycles. The van der Waals surface area contributed by atoms with Crippen LogP contribution in [0.2, 0.25) is 5.02 Å². The Labute approximate surface area is 281 Å². The summed E-state index contributed by atoms with van der Waals surface area (Å²) in [5.41, 5.74) is 1.89. The van der Waals surface area contributed by atoms with Gasteiger partial charge in [0.05, 0.1) is 31.4 Å². The molecule has 46 heavy (non-hydrogen) atoms. The molecule has 2 heterocycles. The average Bonchev–Trinajstić information content (AvgIpc) is 3.63. The van der Waals surface area contributed by atoms with Crippen molar-refractivity contribution in [2.45, 2.75) is 49.7 Å². The molecule has 240 valence electrons. The quantitative estimate of drug-likeness (QED) is 0.0353. The van der Waals surface area contributed by atoms with Crippen LogP contribution in [0.4, 0.5) is 5.13 Å². The molecule has 1 aliphatic heterocycles. The number of Topliss-reactive ketones (excluding diaryl/α,β-unsaturated/α-hetero) is 1. The van der Waals surface area contributed by atoms with E-state index in [9.17, 15) is 14.7 Å². The third kappa shape index (κ3) is 7.49. The van der Waals surface area contributed by atoms with Crippen LogP contribution in [-0.4, -0.2) is 46.8 Å². The fraction of sp³-hybridized carbons (Fsp3) is 0.294. The number of halogens is 1. The van der Waals surface area contributed by atoms with Crippen molar-refractivity contribution >= 4 is 57.3 Å². The van der Waals surface area contributed by atoms with Crippen LogP contribution in [0.1, 0.15) is 56.3 Å². The Morgan fingerprint density at radius 2 is 1.67 bits per heavy atom. The van der Waals surface area contributed by atoms with E-state index in [2.05, 4.69) is 17.1 Å². The van der Waals surface area contributed by atoms with Gasteiger partial charge in [-0.05, 0) is 79.9 Å². The first-order valence-electron chi connectivity index (χ1n) is 15.0. The molecule has 1 aliphatic rings. The van der Waals surface area contributed by atoms with Gasteiger partial charge in [0.2, 0.25) is 5.13 Å². The molecule has 0 bridgehead atoms. The molecule has 9 nitrogen and oxygen atoms in total. The summed E-state index contributed by atoms with van der Waals surface area (Å²) in [4.78, 5) is 28.7. The molecule has 1 aromatic heterocycles. The van der Waals surface area contributed by atoms with Crippen molar-refractivity contribution in [2.75, 3.05) is 24.7 Å². The molecule has 0 spiro atoms. The highest BCUT2D eigenvalue weighted by molar-refractivity contribution is 8.00. The Balaban J connectivity index is 1.56. The average molecular weight is 680 g/mol. The molecular weight excluding hydrogens is 646 g/mol. The summed E-state index contributed by atoms with van der Waals surface area (Å²) in [6.07, 6.45) is 1.86. The van der Waals surface area contributed by atoms with Gasteiger partial charge in [-0.15, -0.1) is 10.2 Å². The number of aromatic nitrogens is 2. The Morgan fingerprint density at radius 3 is 2.37 bits per heavy atom. The summed E-state index contributed by atoms with van der Waals surface area (Å²) in [5.74, 6) is 0.305. The Kier molecular flexibility index (Phi) is 11.2. The molecule has 4 aromatic rings. The zero-order valence-electron chi connectivity index (χ0n) is 25.7. The molecule has 3 aromatic carbocycles. The lowest BCUT2D eigenvalue weighted by Gasteiger charge is -2.23. The second-order valence-corrected chi connectivity index (χ2v) is 12.8. The zero-order valence-corrected chi connectivity index (χ0v) is 28.1. The zero-order chi connectivity index (χ0) is 32.6. The molecule has 0 radical (unpaired) electrons. The van der Waals surface area contributed by atoms with E-state index < -0.39 is 17.7 Å². The molecular formula is C34H34ClN3O6S2. The number of nitrogens with zero attached hydrogens (tertiary/aromatic N) is 3. The number of hydrogen-bond donors (Lipinski definition) is 1. The van der Waals surface area contributed by atoms with E-state index in [0.717, 1.165) is 18.4 Å². The SMILES string of the molecule is CCCCOc1ccc(C2/C(=C(\O)c3ccc(OCC)cc3)C(=O)C(=O)N2c2nnc(SCc3ccc(Cl)cc3)s2)cc1OCC.